The van der Waals surface area contributed by atoms with Crippen molar-refractivity contribution in [1.29, 1.82) is 0 Å². The van der Waals surface area contributed by atoms with Crippen LogP contribution >= 0.6 is 0 Å². The lowest BCUT2D eigenvalue weighted by Crippen LogP contribution is -2.61. The van der Waals surface area contributed by atoms with Gasteiger partial charge in [-0.25, -0.2) is 0 Å². The Morgan fingerprint density at radius 1 is 1.12 bits per heavy atom. The fourth-order valence-corrected chi connectivity index (χ4v) is 2.11. The molecule has 0 amide bonds. The minimum Gasteiger partial charge on any atom is -0.493 e. The third-order valence-electron chi connectivity index (χ3n) is 3.30. The monoisotopic (exact) mass is 237 g/mol. The second-order valence-corrected chi connectivity index (χ2v) is 4.36. The topological polar surface area (TPSA) is 39.7 Å². The highest BCUT2D eigenvalue weighted by molar-refractivity contribution is 5.43. The fraction of sp³-hybridized carbons (Fsp3) is 0.538. The average Bonchev–Trinajstić information content (AvgIpc) is 2.33. The molecule has 0 aliphatic carbocycles. The Balaban J connectivity index is 2.16. The van der Waals surface area contributed by atoms with Crippen molar-refractivity contribution >= 4 is 0 Å². The molecule has 4 heteroatoms. The van der Waals surface area contributed by atoms with Gasteiger partial charge in [0, 0.05) is 26.6 Å². The highest BCUT2D eigenvalue weighted by Gasteiger charge is 2.37. The lowest BCUT2D eigenvalue weighted by molar-refractivity contribution is -0.0502. The number of benzene rings is 1. The molecule has 0 unspecified atom stereocenters. The van der Waals surface area contributed by atoms with Crippen LogP contribution in [0.25, 0.3) is 0 Å². The maximum absolute atomic E-state index is 5.57. The molecule has 0 saturated carbocycles. The molecule has 0 aromatic heterocycles. The summed E-state index contributed by atoms with van der Waals surface area (Å²) >= 11 is 0. The molecule has 0 spiro atoms. The number of rotatable bonds is 5. The smallest absolute Gasteiger partial charge is 0.160 e. The van der Waals surface area contributed by atoms with Crippen molar-refractivity contribution in [1.82, 2.24) is 5.32 Å². The van der Waals surface area contributed by atoms with E-state index in [1.54, 1.807) is 21.3 Å². The molecular weight excluding hydrogens is 218 g/mol. The van der Waals surface area contributed by atoms with Crippen molar-refractivity contribution < 1.29 is 14.2 Å². The SMILES string of the molecule is COc1ccc(CC2(OC)CNC2)cc1OC. The van der Waals surface area contributed by atoms with Gasteiger partial charge in [0.05, 0.1) is 19.8 Å². The Labute approximate surface area is 102 Å². The fourth-order valence-electron chi connectivity index (χ4n) is 2.11. The van der Waals surface area contributed by atoms with Gasteiger partial charge in [-0.2, -0.15) is 0 Å². The molecule has 0 radical (unpaired) electrons. The summed E-state index contributed by atoms with van der Waals surface area (Å²) in [4.78, 5) is 0. The van der Waals surface area contributed by atoms with Crippen LogP contribution in [0.5, 0.6) is 11.5 Å². The second-order valence-electron chi connectivity index (χ2n) is 4.36. The van der Waals surface area contributed by atoms with E-state index in [4.69, 9.17) is 14.2 Å². The molecule has 4 nitrogen and oxygen atoms in total. The van der Waals surface area contributed by atoms with Gasteiger partial charge in [0.2, 0.25) is 0 Å². The summed E-state index contributed by atoms with van der Waals surface area (Å²) in [5.74, 6) is 1.53. The molecule has 2 rings (SSSR count). The van der Waals surface area contributed by atoms with E-state index >= 15 is 0 Å². The van der Waals surface area contributed by atoms with Crippen LogP contribution in [0.2, 0.25) is 0 Å². The number of hydrogen-bond donors (Lipinski definition) is 1. The molecular formula is C13H19NO3. The molecule has 0 bridgehead atoms. The number of methoxy groups -OCH3 is 3. The summed E-state index contributed by atoms with van der Waals surface area (Å²) in [6.07, 6.45) is 0.886. The zero-order valence-electron chi connectivity index (χ0n) is 10.6. The van der Waals surface area contributed by atoms with Crippen LogP contribution in [0.3, 0.4) is 0 Å². The minimum atomic E-state index is -0.0560. The van der Waals surface area contributed by atoms with Crippen LogP contribution in [0.4, 0.5) is 0 Å². The van der Waals surface area contributed by atoms with Crippen LogP contribution in [-0.4, -0.2) is 40.0 Å². The summed E-state index contributed by atoms with van der Waals surface area (Å²) in [7, 11) is 5.06. The van der Waals surface area contributed by atoms with E-state index in [1.165, 1.54) is 5.56 Å². The molecule has 1 aliphatic rings. The maximum Gasteiger partial charge on any atom is 0.160 e. The third kappa shape index (κ3) is 2.37. The second kappa shape index (κ2) is 4.94. The van der Waals surface area contributed by atoms with Gasteiger partial charge in [-0.05, 0) is 17.7 Å². The van der Waals surface area contributed by atoms with E-state index in [-0.39, 0.29) is 5.60 Å². The van der Waals surface area contributed by atoms with Gasteiger partial charge in [0.1, 0.15) is 0 Å². The van der Waals surface area contributed by atoms with E-state index in [0.717, 1.165) is 31.0 Å². The lowest BCUT2D eigenvalue weighted by Gasteiger charge is -2.41. The van der Waals surface area contributed by atoms with Crippen molar-refractivity contribution in [3.05, 3.63) is 23.8 Å². The van der Waals surface area contributed by atoms with Crippen molar-refractivity contribution in [2.24, 2.45) is 0 Å². The largest absolute Gasteiger partial charge is 0.493 e. The van der Waals surface area contributed by atoms with E-state index in [1.807, 2.05) is 12.1 Å². The normalized spacial score (nSPS) is 17.4. The predicted octanol–water partition coefficient (Wildman–Crippen LogP) is 1.23. The first kappa shape index (κ1) is 12.2. The maximum atomic E-state index is 5.57. The first-order valence-electron chi connectivity index (χ1n) is 5.70. The molecule has 1 aliphatic heterocycles. The molecule has 1 saturated heterocycles. The van der Waals surface area contributed by atoms with E-state index < -0.39 is 0 Å². The van der Waals surface area contributed by atoms with E-state index in [0.29, 0.717) is 0 Å². The highest BCUT2D eigenvalue weighted by Crippen LogP contribution is 2.30. The predicted molar refractivity (Wildman–Crippen MR) is 65.9 cm³/mol. The van der Waals surface area contributed by atoms with Crippen LogP contribution in [0.1, 0.15) is 5.56 Å². The number of ether oxygens (including phenoxy) is 3. The first-order valence-corrected chi connectivity index (χ1v) is 5.70. The summed E-state index contributed by atoms with van der Waals surface area (Å²) in [5.41, 5.74) is 1.14. The first-order chi connectivity index (χ1) is 8.23. The third-order valence-corrected chi connectivity index (χ3v) is 3.30. The Hall–Kier alpha value is -1.26. The molecule has 0 atom stereocenters. The molecule has 1 aromatic carbocycles. The standard InChI is InChI=1S/C13H19NO3/c1-15-11-5-4-10(6-12(11)16-2)7-13(17-3)8-14-9-13/h4-6,14H,7-9H2,1-3H3. The van der Waals surface area contributed by atoms with Crippen molar-refractivity contribution in [3.8, 4) is 11.5 Å². The summed E-state index contributed by atoms with van der Waals surface area (Å²) in [5, 5.41) is 3.24. The Bertz CT molecular complexity index is 383. The van der Waals surface area contributed by atoms with Gasteiger partial charge < -0.3 is 19.5 Å². The summed E-state index contributed by atoms with van der Waals surface area (Å²) in [6, 6.07) is 6.00. The number of hydrogen-bond acceptors (Lipinski definition) is 4. The van der Waals surface area contributed by atoms with Gasteiger partial charge in [0.25, 0.3) is 0 Å². The minimum absolute atomic E-state index is 0.0560. The molecule has 17 heavy (non-hydrogen) atoms. The Morgan fingerprint density at radius 2 is 1.82 bits per heavy atom. The Kier molecular flexibility index (Phi) is 3.54. The lowest BCUT2D eigenvalue weighted by atomic mass is 9.88. The van der Waals surface area contributed by atoms with Gasteiger partial charge in [-0.1, -0.05) is 6.07 Å². The van der Waals surface area contributed by atoms with Crippen LogP contribution in [0.15, 0.2) is 18.2 Å². The molecule has 1 heterocycles. The van der Waals surface area contributed by atoms with Crippen molar-refractivity contribution in [2.45, 2.75) is 12.0 Å². The van der Waals surface area contributed by atoms with Gasteiger partial charge >= 0.3 is 0 Å². The van der Waals surface area contributed by atoms with Gasteiger partial charge in [-0.15, -0.1) is 0 Å². The molecule has 94 valence electrons. The summed E-state index contributed by atoms with van der Waals surface area (Å²) < 4.78 is 16.1. The zero-order chi connectivity index (χ0) is 12.3. The van der Waals surface area contributed by atoms with Crippen molar-refractivity contribution in [3.63, 3.8) is 0 Å². The summed E-state index contributed by atoms with van der Waals surface area (Å²) in [6.45, 7) is 1.80. The molecule has 1 fully saturated rings. The van der Waals surface area contributed by atoms with Gasteiger partial charge in [0.15, 0.2) is 11.5 Å². The van der Waals surface area contributed by atoms with E-state index in [2.05, 4.69) is 11.4 Å². The van der Waals surface area contributed by atoms with E-state index in [9.17, 15) is 0 Å². The molecule has 1 N–H and O–H groups in total. The van der Waals surface area contributed by atoms with Crippen LogP contribution in [-0.2, 0) is 11.2 Å². The highest BCUT2D eigenvalue weighted by atomic mass is 16.5. The van der Waals surface area contributed by atoms with Crippen LogP contribution < -0.4 is 14.8 Å². The Morgan fingerprint density at radius 3 is 2.29 bits per heavy atom. The zero-order valence-corrected chi connectivity index (χ0v) is 10.6. The number of nitrogens with one attached hydrogen (secondary N) is 1. The van der Waals surface area contributed by atoms with Crippen LogP contribution in [0, 0.1) is 0 Å². The van der Waals surface area contributed by atoms with Crippen molar-refractivity contribution in [2.75, 3.05) is 34.4 Å². The average molecular weight is 237 g/mol. The van der Waals surface area contributed by atoms with Gasteiger partial charge in [-0.3, -0.25) is 0 Å². The molecule has 1 aromatic rings. The quantitative estimate of drug-likeness (QED) is 0.836.